The third kappa shape index (κ3) is 4.27. The van der Waals surface area contributed by atoms with E-state index < -0.39 is 10.0 Å². The molecule has 0 fully saturated rings. The highest BCUT2D eigenvalue weighted by atomic mass is 35.5. The minimum atomic E-state index is -3.52. The Balaban J connectivity index is 1.77. The number of ether oxygens (including phenoxy) is 1. The first-order valence-electron chi connectivity index (χ1n) is 8.64. The first-order chi connectivity index (χ1) is 13.2. The van der Waals surface area contributed by atoms with Crippen molar-refractivity contribution in [3.8, 4) is 5.75 Å². The summed E-state index contributed by atoms with van der Waals surface area (Å²) in [4.78, 5) is 14.5. The van der Waals surface area contributed by atoms with Gasteiger partial charge in [0.15, 0.2) is 6.61 Å². The van der Waals surface area contributed by atoms with Crippen LogP contribution in [0.25, 0.3) is 0 Å². The molecule has 6 nitrogen and oxygen atoms in total. The van der Waals surface area contributed by atoms with Gasteiger partial charge in [-0.05, 0) is 48.7 Å². The summed E-state index contributed by atoms with van der Waals surface area (Å²) in [7, 11) is -0.538. The van der Waals surface area contributed by atoms with Crippen molar-refractivity contribution < 1.29 is 17.9 Å². The number of carbonyl (C=O) groups excluding carboxylic acids is 1. The standard InChI is InChI=1S/C19H20Cl2N2O4S/c1-22(2)28(25,26)15-6-8-18-13(10-15)4-3-9-23(18)19(24)12-27-14-5-7-16(20)17(21)11-14/h5-8,10-11H,3-4,9,12H2,1-2H3. The van der Waals surface area contributed by atoms with Gasteiger partial charge in [0.25, 0.3) is 5.91 Å². The molecule has 0 aliphatic carbocycles. The van der Waals surface area contributed by atoms with Crippen LogP contribution >= 0.6 is 23.2 Å². The molecule has 0 N–H and O–H groups in total. The first kappa shape index (κ1) is 20.9. The average Bonchev–Trinajstić information content (AvgIpc) is 2.67. The zero-order valence-electron chi connectivity index (χ0n) is 15.5. The number of benzene rings is 2. The Labute approximate surface area is 174 Å². The Morgan fingerprint density at radius 1 is 1.14 bits per heavy atom. The number of amides is 1. The van der Waals surface area contributed by atoms with E-state index in [-0.39, 0.29) is 17.4 Å². The van der Waals surface area contributed by atoms with Crippen molar-refractivity contribution in [3.63, 3.8) is 0 Å². The highest BCUT2D eigenvalue weighted by Gasteiger charge is 2.26. The maximum absolute atomic E-state index is 12.7. The largest absolute Gasteiger partial charge is 0.484 e. The summed E-state index contributed by atoms with van der Waals surface area (Å²) in [5.41, 5.74) is 1.55. The molecule has 1 amide bonds. The number of fused-ring (bicyclic) bond motifs is 1. The Kier molecular flexibility index (Phi) is 6.19. The molecule has 150 valence electrons. The van der Waals surface area contributed by atoms with Gasteiger partial charge in [0.2, 0.25) is 10.0 Å². The monoisotopic (exact) mass is 442 g/mol. The normalized spacial score (nSPS) is 14.1. The van der Waals surface area contributed by atoms with Crippen molar-refractivity contribution in [2.75, 3.05) is 32.1 Å². The van der Waals surface area contributed by atoms with Crippen LogP contribution in [0.5, 0.6) is 5.75 Å². The van der Waals surface area contributed by atoms with Gasteiger partial charge in [-0.15, -0.1) is 0 Å². The smallest absolute Gasteiger partial charge is 0.264 e. The fraction of sp³-hybridized carbons (Fsp3) is 0.316. The van der Waals surface area contributed by atoms with Gasteiger partial charge in [-0.3, -0.25) is 4.79 Å². The fourth-order valence-electron chi connectivity index (χ4n) is 2.99. The van der Waals surface area contributed by atoms with Crippen LogP contribution in [-0.4, -0.2) is 45.9 Å². The van der Waals surface area contributed by atoms with Crippen molar-refractivity contribution in [1.82, 2.24) is 4.31 Å². The molecule has 0 spiro atoms. The number of halogens is 2. The third-order valence-electron chi connectivity index (χ3n) is 4.50. The molecule has 2 aromatic carbocycles. The van der Waals surface area contributed by atoms with Gasteiger partial charge in [-0.25, -0.2) is 12.7 Å². The molecule has 1 aliphatic heterocycles. The molecule has 9 heteroatoms. The van der Waals surface area contributed by atoms with E-state index in [0.717, 1.165) is 12.0 Å². The van der Waals surface area contributed by atoms with Crippen molar-refractivity contribution in [2.24, 2.45) is 0 Å². The average molecular weight is 443 g/mol. The lowest BCUT2D eigenvalue weighted by Crippen LogP contribution is -2.38. The number of anilines is 1. The number of aryl methyl sites for hydroxylation is 1. The van der Waals surface area contributed by atoms with Crippen LogP contribution < -0.4 is 9.64 Å². The Morgan fingerprint density at radius 2 is 1.89 bits per heavy atom. The third-order valence-corrected chi connectivity index (χ3v) is 7.05. The molecule has 2 aromatic rings. The van der Waals surface area contributed by atoms with Gasteiger partial charge in [-0.2, -0.15) is 0 Å². The number of hydrogen-bond acceptors (Lipinski definition) is 4. The second-order valence-electron chi connectivity index (χ2n) is 6.59. The predicted molar refractivity (Wildman–Crippen MR) is 110 cm³/mol. The number of sulfonamides is 1. The van der Waals surface area contributed by atoms with Crippen LogP contribution in [0.3, 0.4) is 0 Å². The van der Waals surface area contributed by atoms with E-state index in [4.69, 9.17) is 27.9 Å². The second kappa shape index (κ2) is 8.29. The number of rotatable bonds is 5. The van der Waals surface area contributed by atoms with Crippen molar-refractivity contribution in [3.05, 3.63) is 52.0 Å². The summed E-state index contributed by atoms with van der Waals surface area (Å²) < 4.78 is 31.4. The van der Waals surface area contributed by atoms with Crippen molar-refractivity contribution in [1.29, 1.82) is 0 Å². The highest BCUT2D eigenvalue weighted by molar-refractivity contribution is 7.89. The van der Waals surface area contributed by atoms with Gasteiger partial charge in [-0.1, -0.05) is 23.2 Å². The molecule has 0 radical (unpaired) electrons. The summed E-state index contributed by atoms with van der Waals surface area (Å²) in [5, 5.41) is 0.762. The van der Waals surface area contributed by atoms with E-state index in [9.17, 15) is 13.2 Å². The van der Waals surface area contributed by atoms with Gasteiger partial charge < -0.3 is 9.64 Å². The second-order valence-corrected chi connectivity index (χ2v) is 9.56. The summed E-state index contributed by atoms with van der Waals surface area (Å²) in [6.45, 7) is 0.394. The van der Waals surface area contributed by atoms with Gasteiger partial charge >= 0.3 is 0 Å². The highest BCUT2D eigenvalue weighted by Crippen LogP contribution is 2.31. The molecule has 0 saturated heterocycles. The fourth-order valence-corrected chi connectivity index (χ4v) is 4.23. The molecule has 1 aliphatic rings. The van der Waals surface area contributed by atoms with E-state index >= 15 is 0 Å². The Morgan fingerprint density at radius 3 is 2.57 bits per heavy atom. The summed E-state index contributed by atoms with van der Waals surface area (Å²) in [5.74, 6) is 0.239. The van der Waals surface area contributed by atoms with Crippen LogP contribution in [0, 0.1) is 0 Å². The maximum atomic E-state index is 12.7. The minimum Gasteiger partial charge on any atom is -0.484 e. The van der Waals surface area contributed by atoms with Crippen LogP contribution in [0.1, 0.15) is 12.0 Å². The van der Waals surface area contributed by atoms with Crippen LogP contribution in [0.2, 0.25) is 10.0 Å². The molecule has 0 saturated carbocycles. The van der Waals surface area contributed by atoms with E-state index in [0.29, 0.717) is 34.4 Å². The molecule has 0 aromatic heterocycles. The van der Waals surface area contributed by atoms with E-state index in [2.05, 4.69) is 0 Å². The molecule has 28 heavy (non-hydrogen) atoms. The molecule has 0 unspecified atom stereocenters. The van der Waals surface area contributed by atoms with Gasteiger partial charge in [0.05, 0.1) is 14.9 Å². The SMILES string of the molecule is CN(C)S(=O)(=O)c1ccc2c(c1)CCCN2C(=O)COc1ccc(Cl)c(Cl)c1. The van der Waals surface area contributed by atoms with E-state index in [1.165, 1.54) is 24.5 Å². The topological polar surface area (TPSA) is 66.9 Å². The number of hydrogen-bond donors (Lipinski definition) is 0. The molecular formula is C19H20Cl2N2O4S. The van der Waals surface area contributed by atoms with Crippen molar-refractivity contribution in [2.45, 2.75) is 17.7 Å². The summed E-state index contributed by atoms with van der Waals surface area (Å²) in [6, 6.07) is 9.65. The van der Waals surface area contributed by atoms with E-state index in [1.807, 2.05) is 0 Å². The number of carbonyl (C=O) groups is 1. The van der Waals surface area contributed by atoms with Gasteiger partial charge in [0.1, 0.15) is 5.75 Å². The summed E-state index contributed by atoms with van der Waals surface area (Å²) in [6.07, 6.45) is 1.46. The summed E-state index contributed by atoms with van der Waals surface area (Å²) >= 11 is 11.8. The lowest BCUT2D eigenvalue weighted by molar-refractivity contribution is -0.120. The zero-order valence-corrected chi connectivity index (χ0v) is 17.8. The first-order valence-corrected chi connectivity index (χ1v) is 10.8. The quantitative estimate of drug-likeness (QED) is 0.709. The lowest BCUT2D eigenvalue weighted by atomic mass is 10.0. The molecule has 0 bridgehead atoms. The maximum Gasteiger partial charge on any atom is 0.264 e. The lowest BCUT2D eigenvalue weighted by Gasteiger charge is -2.30. The Bertz CT molecular complexity index is 1010. The van der Waals surface area contributed by atoms with Crippen LogP contribution in [0.15, 0.2) is 41.3 Å². The molecule has 3 rings (SSSR count). The Hall–Kier alpha value is -1.80. The van der Waals surface area contributed by atoms with E-state index in [1.54, 1.807) is 35.2 Å². The van der Waals surface area contributed by atoms with Crippen molar-refractivity contribution >= 4 is 44.8 Å². The van der Waals surface area contributed by atoms with Gasteiger partial charge in [0, 0.05) is 32.4 Å². The van der Waals surface area contributed by atoms with Crippen LogP contribution in [0.4, 0.5) is 5.69 Å². The molecular weight excluding hydrogens is 423 g/mol. The molecule has 1 heterocycles. The molecule has 0 atom stereocenters. The van der Waals surface area contributed by atoms with Crippen LogP contribution in [-0.2, 0) is 21.2 Å². The number of nitrogens with zero attached hydrogens (tertiary/aromatic N) is 2. The predicted octanol–water partition coefficient (Wildman–Crippen LogP) is 3.60. The minimum absolute atomic E-state index is 0.158. The zero-order chi connectivity index (χ0) is 20.5.